The number of carboxylic acids is 1. The minimum absolute atomic E-state index is 0.142. The Hall–Kier alpha value is -3.13. The smallest absolute Gasteiger partial charge is 0.307 e. The molecule has 0 radical (unpaired) electrons. The lowest BCUT2D eigenvalue weighted by atomic mass is 9.82. The second-order valence-electron chi connectivity index (χ2n) is 6.85. The minimum atomic E-state index is -0.976. The maximum atomic E-state index is 12.9. The molecule has 0 aliphatic heterocycles. The van der Waals surface area contributed by atoms with Gasteiger partial charge in [0.25, 0.3) is 0 Å². The molecule has 0 aromatic heterocycles. The van der Waals surface area contributed by atoms with Gasteiger partial charge in [-0.15, -0.1) is 11.8 Å². The van der Waals surface area contributed by atoms with Crippen LogP contribution in [0, 0.1) is 17.7 Å². The monoisotopic (exact) mass is 428 g/mol. The van der Waals surface area contributed by atoms with Gasteiger partial charge in [0.15, 0.2) is 0 Å². The Balaban J connectivity index is 1.55. The highest BCUT2D eigenvalue weighted by atomic mass is 32.2. The molecule has 156 valence electrons. The number of amides is 2. The first-order valence-electron chi connectivity index (χ1n) is 9.39. The fourth-order valence-corrected chi connectivity index (χ4v) is 3.91. The zero-order valence-corrected chi connectivity index (χ0v) is 16.8. The average molecular weight is 428 g/mol. The molecule has 0 heterocycles. The van der Waals surface area contributed by atoms with Gasteiger partial charge in [0, 0.05) is 16.3 Å². The summed E-state index contributed by atoms with van der Waals surface area (Å²) in [6, 6.07) is 12.5. The molecule has 6 nitrogen and oxygen atoms in total. The molecule has 0 fully saturated rings. The number of carbonyl (C=O) groups is 3. The van der Waals surface area contributed by atoms with Gasteiger partial charge in [-0.1, -0.05) is 18.2 Å². The molecule has 3 N–H and O–H groups in total. The number of nitrogens with one attached hydrogen (secondary N) is 2. The molecule has 1 aliphatic rings. The highest BCUT2D eigenvalue weighted by molar-refractivity contribution is 8.00. The molecule has 2 aromatic carbocycles. The van der Waals surface area contributed by atoms with E-state index in [1.165, 1.54) is 36.0 Å². The number of hydrogen-bond acceptors (Lipinski definition) is 4. The van der Waals surface area contributed by atoms with Gasteiger partial charge >= 0.3 is 5.97 Å². The number of rotatable bonds is 7. The van der Waals surface area contributed by atoms with E-state index in [4.69, 9.17) is 0 Å². The summed E-state index contributed by atoms with van der Waals surface area (Å²) in [5.41, 5.74) is 1.06. The first kappa shape index (κ1) is 21.6. The summed E-state index contributed by atoms with van der Waals surface area (Å²) < 4.78 is 12.9. The number of benzene rings is 2. The van der Waals surface area contributed by atoms with Gasteiger partial charge in [-0.2, -0.15) is 0 Å². The predicted octanol–water partition coefficient (Wildman–Crippen LogP) is 4.16. The molecule has 2 atom stereocenters. The number of halogens is 1. The number of carboxylic acid groups (broad SMARTS) is 1. The number of thioether (sulfide) groups is 1. The van der Waals surface area contributed by atoms with Crippen molar-refractivity contribution in [2.75, 3.05) is 16.4 Å². The van der Waals surface area contributed by atoms with E-state index in [0.717, 1.165) is 4.90 Å². The van der Waals surface area contributed by atoms with Crippen molar-refractivity contribution in [3.63, 3.8) is 0 Å². The van der Waals surface area contributed by atoms with E-state index >= 15 is 0 Å². The topological polar surface area (TPSA) is 95.5 Å². The second-order valence-corrected chi connectivity index (χ2v) is 7.90. The summed E-state index contributed by atoms with van der Waals surface area (Å²) in [6.45, 7) is 0. The van der Waals surface area contributed by atoms with Crippen LogP contribution in [0.3, 0.4) is 0 Å². The summed E-state index contributed by atoms with van der Waals surface area (Å²) >= 11 is 1.29. The Kier molecular flexibility index (Phi) is 7.24. The molecule has 2 unspecified atom stereocenters. The van der Waals surface area contributed by atoms with Crippen LogP contribution in [0.4, 0.5) is 15.8 Å². The maximum Gasteiger partial charge on any atom is 0.307 e. The van der Waals surface area contributed by atoms with Crippen molar-refractivity contribution in [2.45, 2.75) is 17.7 Å². The molecule has 30 heavy (non-hydrogen) atoms. The first-order valence-corrected chi connectivity index (χ1v) is 10.4. The molecular formula is C22H21FN2O4S. The van der Waals surface area contributed by atoms with E-state index in [-0.39, 0.29) is 23.4 Å². The van der Waals surface area contributed by atoms with Crippen LogP contribution in [-0.2, 0) is 14.4 Å². The van der Waals surface area contributed by atoms with Gasteiger partial charge in [0.1, 0.15) is 5.82 Å². The third kappa shape index (κ3) is 5.93. The molecule has 8 heteroatoms. The standard InChI is InChI=1S/C22H21FN2O4S/c23-14-8-10-15(11-9-14)24-20(26)13-30-17-5-3-4-16(12-17)25-21(27)18-6-1-2-7-19(18)22(28)29/h1-5,8-12,18-19H,6-7,13H2,(H,24,26)(H,25,27)(H,28,29). The van der Waals surface area contributed by atoms with Crippen molar-refractivity contribution >= 4 is 40.9 Å². The van der Waals surface area contributed by atoms with Gasteiger partial charge < -0.3 is 15.7 Å². The molecule has 0 spiro atoms. The molecule has 0 saturated heterocycles. The van der Waals surface area contributed by atoms with E-state index in [1.54, 1.807) is 24.3 Å². The number of carbonyl (C=O) groups excluding carboxylic acids is 2. The van der Waals surface area contributed by atoms with Crippen LogP contribution < -0.4 is 10.6 Å². The number of aliphatic carboxylic acids is 1. The van der Waals surface area contributed by atoms with Crippen LogP contribution in [0.5, 0.6) is 0 Å². The average Bonchev–Trinajstić information content (AvgIpc) is 2.74. The van der Waals surface area contributed by atoms with Crippen molar-refractivity contribution in [1.82, 2.24) is 0 Å². The number of hydrogen-bond donors (Lipinski definition) is 3. The highest BCUT2D eigenvalue weighted by Crippen LogP contribution is 2.28. The van der Waals surface area contributed by atoms with Crippen LogP contribution in [-0.4, -0.2) is 28.6 Å². The van der Waals surface area contributed by atoms with Gasteiger partial charge in [-0.25, -0.2) is 4.39 Å². The van der Waals surface area contributed by atoms with Crippen LogP contribution >= 0.6 is 11.8 Å². The Labute approximate surface area is 177 Å². The Bertz CT molecular complexity index is 962. The van der Waals surface area contributed by atoms with E-state index in [0.29, 0.717) is 24.2 Å². The minimum Gasteiger partial charge on any atom is -0.481 e. The molecule has 2 amide bonds. The zero-order valence-electron chi connectivity index (χ0n) is 16.0. The van der Waals surface area contributed by atoms with E-state index in [2.05, 4.69) is 10.6 Å². The lowest BCUT2D eigenvalue weighted by Gasteiger charge is -2.24. The lowest BCUT2D eigenvalue weighted by Crippen LogP contribution is -2.34. The quantitative estimate of drug-likeness (QED) is 0.455. The molecule has 0 bridgehead atoms. The van der Waals surface area contributed by atoms with Gasteiger partial charge in [-0.3, -0.25) is 14.4 Å². The first-order chi connectivity index (χ1) is 14.4. The third-order valence-electron chi connectivity index (χ3n) is 4.69. The van der Waals surface area contributed by atoms with E-state index in [1.807, 2.05) is 12.1 Å². The third-order valence-corrected chi connectivity index (χ3v) is 5.68. The molecule has 2 aromatic rings. The molecule has 0 saturated carbocycles. The fourth-order valence-electron chi connectivity index (χ4n) is 3.15. The van der Waals surface area contributed by atoms with Crippen molar-refractivity contribution in [3.05, 3.63) is 66.5 Å². The van der Waals surface area contributed by atoms with Gasteiger partial charge in [0.2, 0.25) is 11.8 Å². The van der Waals surface area contributed by atoms with Gasteiger partial charge in [-0.05, 0) is 55.3 Å². The van der Waals surface area contributed by atoms with Crippen LogP contribution in [0.15, 0.2) is 65.6 Å². The molecular weight excluding hydrogens is 407 g/mol. The number of allylic oxidation sites excluding steroid dienone is 2. The fraction of sp³-hybridized carbons (Fsp3) is 0.227. The SMILES string of the molecule is O=C(CSc1cccc(NC(=O)C2CC=CCC2C(=O)O)c1)Nc1ccc(F)cc1. The Morgan fingerprint density at radius 3 is 2.37 bits per heavy atom. The second kappa shape index (κ2) is 10.1. The normalized spacial score (nSPS) is 17.9. The van der Waals surface area contributed by atoms with Gasteiger partial charge in [0.05, 0.1) is 17.6 Å². The largest absolute Gasteiger partial charge is 0.481 e. The van der Waals surface area contributed by atoms with E-state index < -0.39 is 17.8 Å². The Morgan fingerprint density at radius 1 is 0.967 bits per heavy atom. The maximum absolute atomic E-state index is 12.9. The summed E-state index contributed by atoms with van der Waals surface area (Å²) in [4.78, 5) is 36.8. The zero-order chi connectivity index (χ0) is 21.5. The van der Waals surface area contributed by atoms with Crippen molar-refractivity contribution in [3.8, 4) is 0 Å². The van der Waals surface area contributed by atoms with Crippen molar-refractivity contribution < 1.29 is 23.9 Å². The molecule has 1 aliphatic carbocycles. The highest BCUT2D eigenvalue weighted by Gasteiger charge is 2.33. The van der Waals surface area contributed by atoms with Crippen LogP contribution in [0.25, 0.3) is 0 Å². The van der Waals surface area contributed by atoms with Crippen LogP contribution in [0.1, 0.15) is 12.8 Å². The summed E-state index contributed by atoms with van der Waals surface area (Å²) in [5.74, 6) is -3.13. The Morgan fingerprint density at radius 2 is 1.67 bits per heavy atom. The van der Waals surface area contributed by atoms with Crippen LogP contribution in [0.2, 0.25) is 0 Å². The predicted molar refractivity (Wildman–Crippen MR) is 114 cm³/mol. The van der Waals surface area contributed by atoms with Crippen molar-refractivity contribution in [1.29, 1.82) is 0 Å². The summed E-state index contributed by atoms with van der Waals surface area (Å²) in [6.07, 6.45) is 4.35. The van der Waals surface area contributed by atoms with E-state index in [9.17, 15) is 23.9 Å². The number of anilines is 2. The molecule has 3 rings (SSSR count). The lowest BCUT2D eigenvalue weighted by molar-refractivity contribution is -0.146. The van der Waals surface area contributed by atoms with Crippen molar-refractivity contribution in [2.24, 2.45) is 11.8 Å². The summed E-state index contributed by atoms with van der Waals surface area (Å²) in [7, 11) is 0. The summed E-state index contributed by atoms with van der Waals surface area (Å²) in [5, 5.41) is 14.8.